The van der Waals surface area contributed by atoms with E-state index in [9.17, 15) is 14.4 Å². The molecule has 3 aromatic carbocycles. The molecular formula is C28H27NO5S. The van der Waals surface area contributed by atoms with E-state index in [0.29, 0.717) is 29.8 Å². The van der Waals surface area contributed by atoms with Crippen molar-refractivity contribution in [2.75, 3.05) is 25.5 Å². The van der Waals surface area contributed by atoms with Crippen LogP contribution in [0.3, 0.4) is 0 Å². The van der Waals surface area contributed by atoms with E-state index in [0.717, 1.165) is 42.5 Å². The van der Waals surface area contributed by atoms with Gasteiger partial charge in [-0.1, -0.05) is 66.7 Å². The molecule has 35 heavy (non-hydrogen) atoms. The summed E-state index contributed by atoms with van der Waals surface area (Å²) in [5, 5.41) is 0. The fourth-order valence-electron chi connectivity index (χ4n) is 3.89. The molecule has 2 saturated heterocycles. The second-order valence-electron chi connectivity index (χ2n) is 8.08. The summed E-state index contributed by atoms with van der Waals surface area (Å²) in [5.41, 5.74) is 4.18. The third-order valence-corrected chi connectivity index (χ3v) is 6.82. The van der Waals surface area contributed by atoms with Gasteiger partial charge in [-0.3, -0.25) is 14.4 Å². The lowest BCUT2D eigenvalue weighted by molar-refractivity contribution is -0.0799. The first-order valence-electron chi connectivity index (χ1n) is 11.5. The molecule has 7 heteroatoms. The fraction of sp³-hybridized carbons (Fsp3) is 0.250. The maximum atomic E-state index is 12.7. The number of nitrogens with zero attached hydrogens (tertiary/aromatic N) is 1. The SMILES string of the molecule is O=Cc1ccc(C2OCCCN2C(=O)c2ccccc2)cc1.O=Cc1ccc(C2OCCS2)cc1. The third-order valence-electron chi connectivity index (χ3n) is 5.71. The van der Waals surface area contributed by atoms with E-state index < -0.39 is 6.23 Å². The average Bonchev–Trinajstić information content (AvgIpc) is 3.49. The molecule has 2 aliphatic rings. The van der Waals surface area contributed by atoms with Crippen LogP contribution in [0.1, 0.15) is 60.3 Å². The average molecular weight is 490 g/mol. The van der Waals surface area contributed by atoms with Crippen LogP contribution in [0, 0.1) is 0 Å². The lowest BCUT2D eigenvalue weighted by Gasteiger charge is -2.36. The van der Waals surface area contributed by atoms with Gasteiger partial charge >= 0.3 is 0 Å². The summed E-state index contributed by atoms with van der Waals surface area (Å²) >= 11 is 1.80. The van der Waals surface area contributed by atoms with Gasteiger partial charge in [0.05, 0.1) is 13.2 Å². The van der Waals surface area contributed by atoms with Crippen LogP contribution in [-0.2, 0) is 9.47 Å². The second kappa shape index (κ2) is 12.4. The minimum absolute atomic E-state index is 0.0373. The van der Waals surface area contributed by atoms with Crippen molar-refractivity contribution < 1.29 is 23.9 Å². The molecule has 2 fully saturated rings. The van der Waals surface area contributed by atoms with Crippen molar-refractivity contribution in [3.05, 3.63) is 107 Å². The molecular weight excluding hydrogens is 462 g/mol. The van der Waals surface area contributed by atoms with E-state index in [2.05, 4.69) is 0 Å². The normalized spacial score (nSPS) is 19.4. The highest BCUT2D eigenvalue weighted by atomic mass is 32.2. The van der Waals surface area contributed by atoms with Gasteiger partial charge in [0, 0.05) is 34.6 Å². The smallest absolute Gasteiger partial charge is 0.256 e. The van der Waals surface area contributed by atoms with Crippen LogP contribution in [0.5, 0.6) is 0 Å². The zero-order valence-electron chi connectivity index (χ0n) is 19.2. The number of carbonyl (C=O) groups is 3. The summed E-state index contributed by atoms with van der Waals surface area (Å²) in [5.74, 6) is 1.02. The van der Waals surface area contributed by atoms with Crippen LogP contribution in [0.25, 0.3) is 0 Å². The first-order valence-corrected chi connectivity index (χ1v) is 12.6. The van der Waals surface area contributed by atoms with Crippen molar-refractivity contribution in [1.82, 2.24) is 4.90 Å². The van der Waals surface area contributed by atoms with Crippen LogP contribution >= 0.6 is 11.8 Å². The number of aldehydes is 2. The van der Waals surface area contributed by atoms with E-state index in [4.69, 9.17) is 9.47 Å². The first kappa shape index (κ1) is 24.9. The molecule has 0 radical (unpaired) electrons. The summed E-state index contributed by atoms with van der Waals surface area (Å²) in [6.45, 7) is 2.11. The molecule has 5 rings (SSSR count). The number of rotatable bonds is 5. The van der Waals surface area contributed by atoms with Gasteiger partial charge in [-0.2, -0.15) is 0 Å². The molecule has 180 valence electrons. The molecule has 3 aromatic rings. The Morgan fingerprint density at radius 1 is 0.800 bits per heavy atom. The summed E-state index contributed by atoms with van der Waals surface area (Å²) in [6.07, 6.45) is 2.08. The van der Waals surface area contributed by atoms with E-state index in [1.165, 1.54) is 0 Å². The van der Waals surface area contributed by atoms with Crippen molar-refractivity contribution in [3.63, 3.8) is 0 Å². The Kier molecular flexibility index (Phi) is 8.84. The summed E-state index contributed by atoms with van der Waals surface area (Å²) < 4.78 is 11.3. The molecule has 2 heterocycles. The lowest BCUT2D eigenvalue weighted by atomic mass is 10.1. The molecule has 0 N–H and O–H groups in total. The van der Waals surface area contributed by atoms with Crippen molar-refractivity contribution in [1.29, 1.82) is 0 Å². The molecule has 6 nitrogen and oxygen atoms in total. The minimum atomic E-state index is -0.401. The molecule has 0 saturated carbocycles. The standard InChI is InChI=1S/C18H17NO3.C10H10O2S/c20-13-14-7-9-16(10-8-14)18-19(11-4-12-22-18)17(21)15-5-2-1-3-6-15;11-7-8-1-3-9(4-2-8)10-12-5-6-13-10/h1-3,5-10,13,18H,4,11-12H2;1-4,7,10H,5-6H2. The van der Waals surface area contributed by atoms with Gasteiger partial charge in [0.15, 0.2) is 6.23 Å². The molecule has 1 amide bonds. The summed E-state index contributed by atoms with van der Waals surface area (Å²) in [4.78, 5) is 35.6. The Hall–Kier alpha value is -3.26. The van der Waals surface area contributed by atoms with Gasteiger partial charge in [-0.15, -0.1) is 11.8 Å². The van der Waals surface area contributed by atoms with Crippen LogP contribution in [-0.4, -0.2) is 48.9 Å². The van der Waals surface area contributed by atoms with E-state index in [-0.39, 0.29) is 11.3 Å². The fourth-order valence-corrected chi connectivity index (χ4v) is 4.84. The van der Waals surface area contributed by atoms with Gasteiger partial charge in [0.1, 0.15) is 18.0 Å². The molecule has 2 atom stereocenters. The number of thioether (sulfide) groups is 1. The monoisotopic (exact) mass is 489 g/mol. The van der Waals surface area contributed by atoms with Crippen LogP contribution in [0.15, 0.2) is 78.9 Å². The predicted octanol–water partition coefficient (Wildman–Crippen LogP) is 5.32. The van der Waals surface area contributed by atoms with Crippen LogP contribution in [0.2, 0.25) is 0 Å². The van der Waals surface area contributed by atoms with E-state index >= 15 is 0 Å². The van der Waals surface area contributed by atoms with Gasteiger partial charge in [-0.05, 0) is 24.1 Å². The number of amides is 1. The van der Waals surface area contributed by atoms with E-state index in [1.807, 2.05) is 66.7 Å². The number of hydrogen-bond donors (Lipinski definition) is 0. The second-order valence-corrected chi connectivity index (χ2v) is 9.25. The van der Waals surface area contributed by atoms with Crippen molar-refractivity contribution in [2.45, 2.75) is 18.1 Å². The highest BCUT2D eigenvalue weighted by molar-refractivity contribution is 7.99. The maximum Gasteiger partial charge on any atom is 0.256 e. The predicted molar refractivity (Wildman–Crippen MR) is 136 cm³/mol. The van der Waals surface area contributed by atoms with Gasteiger partial charge in [0.25, 0.3) is 5.91 Å². The Bertz CT molecular complexity index is 1110. The largest absolute Gasteiger partial charge is 0.362 e. The van der Waals surface area contributed by atoms with Crippen molar-refractivity contribution in [2.24, 2.45) is 0 Å². The number of hydrogen-bond acceptors (Lipinski definition) is 6. The topological polar surface area (TPSA) is 72.9 Å². The molecule has 0 aliphatic carbocycles. The highest BCUT2D eigenvalue weighted by Crippen LogP contribution is 2.34. The van der Waals surface area contributed by atoms with Gasteiger partial charge < -0.3 is 14.4 Å². The molecule has 0 spiro atoms. The van der Waals surface area contributed by atoms with Crippen LogP contribution < -0.4 is 0 Å². The number of benzene rings is 3. The highest BCUT2D eigenvalue weighted by Gasteiger charge is 2.29. The van der Waals surface area contributed by atoms with Gasteiger partial charge in [-0.25, -0.2) is 0 Å². The maximum absolute atomic E-state index is 12.7. The zero-order valence-corrected chi connectivity index (χ0v) is 20.1. The molecule has 2 aliphatic heterocycles. The quantitative estimate of drug-likeness (QED) is 0.452. The Morgan fingerprint density at radius 3 is 2.00 bits per heavy atom. The Morgan fingerprint density at radius 2 is 1.43 bits per heavy atom. The zero-order chi connectivity index (χ0) is 24.5. The van der Waals surface area contributed by atoms with Crippen molar-refractivity contribution in [3.8, 4) is 0 Å². The first-order chi connectivity index (χ1) is 17.2. The number of carbonyl (C=O) groups excluding carboxylic acids is 3. The lowest BCUT2D eigenvalue weighted by Crippen LogP contribution is -2.41. The van der Waals surface area contributed by atoms with E-state index in [1.54, 1.807) is 28.8 Å². The molecule has 0 bridgehead atoms. The summed E-state index contributed by atoms with van der Waals surface area (Å²) in [6, 6.07) is 23.9. The third kappa shape index (κ3) is 6.45. The van der Waals surface area contributed by atoms with Crippen LogP contribution in [0.4, 0.5) is 0 Å². The van der Waals surface area contributed by atoms with Gasteiger partial charge in [0.2, 0.25) is 0 Å². The minimum Gasteiger partial charge on any atom is -0.362 e. The van der Waals surface area contributed by atoms with Crippen molar-refractivity contribution >= 4 is 30.2 Å². The number of ether oxygens (including phenoxy) is 2. The molecule has 2 unspecified atom stereocenters. The summed E-state index contributed by atoms with van der Waals surface area (Å²) in [7, 11) is 0. The molecule has 0 aromatic heterocycles. The Balaban J connectivity index is 0.000000189. The Labute approximate surface area is 209 Å².